The third kappa shape index (κ3) is 4.61. The molecule has 3 N–H and O–H groups in total. The van der Waals surface area contributed by atoms with Crippen LogP contribution in [0.25, 0.3) is 0 Å². The highest BCUT2D eigenvalue weighted by atomic mass is 16.4. The number of amides is 2. The molecule has 0 aromatic carbocycles. The van der Waals surface area contributed by atoms with Crippen molar-refractivity contribution in [2.24, 2.45) is 5.92 Å². The van der Waals surface area contributed by atoms with E-state index in [0.29, 0.717) is 5.92 Å². The molecule has 2 amide bonds. The molecule has 0 saturated carbocycles. The fourth-order valence-corrected chi connectivity index (χ4v) is 3.39. The van der Waals surface area contributed by atoms with E-state index in [1.54, 1.807) is 11.8 Å². The van der Waals surface area contributed by atoms with Gasteiger partial charge in [0.2, 0.25) is 0 Å². The lowest BCUT2D eigenvalue weighted by atomic mass is 9.94. The quantitative estimate of drug-likeness (QED) is 0.731. The van der Waals surface area contributed by atoms with Crippen molar-refractivity contribution in [2.45, 2.75) is 45.1 Å². The summed E-state index contributed by atoms with van der Waals surface area (Å²) >= 11 is 0. The molecule has 1 fully saturated rings. The van der Waals surface area contributed by atoms with Gasteiger partial charge in [-0.05, 0) is 50.2 Å². The van der Waals surface area contributed by atoms with Crippen LogP contribution >= 0.6 is 0 Å². The second kappa shape index (κ2) is 7.72. The van der Waals surface area contributed by atoms with Crippen LogP contribution in [0.15, 0.2) is 12.1 Å². The molecule has 3 heterocycles. The fourth-order valence-electron chi connectivity index (χ4n) is 3.39. The maximum absolute atomic E-state index is 12.0. The molecule has 1 saturated heterocycles. The summed E-state index contributed by atoms with van der Waals surface area (Å²) in [5.74, 6) is 0.624. The van der Waals surface area contributed by atoms with Gasteiger partial charge in [0.05, 0.1) is 6.42 Å². The average molecular weight is 346 g/mol. The number of nitrogens with zero attached hydrogens (tertiary/aromatic N) is 2. The van der Waals surface area contributed by atoms with Crippen molar-refractivity contribution in [2.75, 3.05) is 25.0 Å². The number of carboxylic acids is 1. The zero-order valence-electron chi connectivity index (χ0n) is 14.6. The summed E-state index contributed by atoms with van der Waals surface area (Å²) < 4.78 is 0. The maximum Gasteiger partial charge on any atom is 0.317 e. The largest absolute Gasteiger partial charge is 0.481 e. The van der Waals surface area contributed by atoms with Gasteiger partial charge in [0.25, 0.3) is 0 Å². The summed E-state index contributed by atoms with van der Waals surface area (Å²) in [4.78, 5) is 29.1. The van der Waals surface area contributed by atoms with E-state index < -0.39 is 5.97 Å². The van der Waals surface area contributed by atoms with Crippen LogP contribution in [-0.2, 0) is 17.6 Å². The van der Waals surface area contributed by atoms with E-state index in [4.69, 9.17) is 10.1 Å². The van der Waals surface area contributed by atoms with E-state index >= 15 is 0 Å². The van der Waals surface area contributed by atoms with Crippen molar-refractivity contribution in [3.05, 3.63) is 23.4 Å². The molecule has 7 heteroatoms. The van der Waals surface area contributed by atoms with Crippen molar-refractivity contribution in [3.63, 3.8) is 0 Å². The molecule has 7 nitrogen and oxygen atoms in total. The molecule has 3 rings (SSSR count). The Morgan fingerprint density at radius 1 is 1.44 bits per heavy atom. The van der Waals surface area contributed by atoms with Gasteiger partial charge in [-0.25, -0.2) is 9.78 Å². The van der Waals surface area contributed by atoms with Gasteiger partial charge in [0.1, 0.15) is 5.82 Å². The first-order valence-electron chi connectivity index (χ1n) is 9.01. The van der Waals surface area contributed by atoms with Crippen molar-refractivity contribution in [1.82, 2.24) is 15.2 Å². The van der Waals surface area contributed by atoms with Crippen LogP contribution in [0, 0.1) is 5.92 Å². The number of urea groups is 1. The van der Waals surface area contributed by atoms with Gasteiger partial charge in [-0.1, -0.05) is 6.07 Å². The van der Waals surface area contributed by atoms with Crippen LogP contribution in [-0.4, -0.2) is 52.7 Å². The second-order valence-electron chi connectivity index (χ2n) is 7.10. The highest BCUT2D eigenvalue weighted by Gasteiger charge is 2.31. The molecular formula is C18H26N4O3. The summed E-state index contributed by atoms with van der Waals surface area (Å²) in [5.41, 5.74) is 2.41. The van der Waals surface area contributed by atoms with E-state index in [1.165, 1.54) is 12.0 Å². The van der Waals surface area contributed by atoms with Crippen LogP contribution in [0.2, 0.25) is 0 Å². The van der Waals surface area contributed by atoms with Crippen LogP contribution in [0.4, 0.5) is 10.6 Å². The van der Waals surface area contributed by atoms with E-state index in [1.807, 2.05) is 0 Å². The lowest BCUT2D eigenvalue weighted by molar-refractivity contribution is -0.137. The van der Waals surface area contributed by atoms with E-state index in [9.17, 15) is 9.59 Å². The number of carbonyl (C=O) groups is 2. The first kappa shape index (κ1) is 17.5. The summed E-state index contributed by atoms with van der Waals surface area (Å²) in [6.07, 6.45) is 4.15. The molecule has 1 aromatic rings. The third-order valence-electron chi connectivity index (χ3n) is 4.86. The van der Waals surface area contributed by atoms with Gasteiger partial charge in [-0.15, -0.1) is 0 Å². The molecule has 2 aliphatic heterocycles. The number of aromatic nitrogens is 1. The predicted octanol–water partition coefficient (Wildman–Crippen LogP) is 1.88. The Hall–Kier alpha value is -2.31. The fraction of sp³-hybridized carbons (Fsp3) is 0.611. The molecule has 1 aromatic heterocycles. The SMILES string of the molecule is C[C@H](CC(=O)O)NC(=O)N1CC(CCc2ccc3c(n2)NCCC3)C1. The molecule has 136 valence electrons. The van der Waals surface area contributed by atoms with E-state index in [-0.39, 0.29) is 18.5 Å². The summed E-state index contributed by atoms with van der Waals surface area (Å²) in [5, 5.41) is 14.8. The minimum atomic E-state index is -0.902. The molecule has 2 aliphatic rings. The van der Waals surface area contributed by atoms with Gasteiger partial charge >= 0.3 is 12.0 Å². The van der Waals surface area contributed by atoms with E-state index in [2.05, 4.69) is 22.8 Å². The summed E-state index contributed by atoms with van der Waals surface area (Å²) in [7, 11) is 0. The molecule has 0 spiro atoms. The smallest absolute Gasteiger partial charge is 0.317 e. The van der Waals surface area contributed by atoms with Crippen molar-refractivity contribution >= 4 is 17.8 Å². The van der Waals surface area contributed by atoms with Gasteiger partial charge < -0.3 is 20.6 Å². The van der Waals surface area contributed by atoms with Crippen LogP contribution in [0.3, 0.4) is 0 Å². The molecular weight excluding hydrogens is 320 g/mol. The Balaban J connectivity index is 1.39. The van der Waals surface area contributed by atoms with Crippen molar-refractivity contribution in [1.29, 1.82) is 0 Å². The topological polar surface area (TPSA) is 94.6 Å². The average Bonchev–Trinajstić information content (AvgIpc) is 2.52. The van der Waals surface area contributed by atoms with Gasteiger partial charge in [-0.2, -0.15) is 0 Å². The normalized spacial score (nSPS) is 17.9. The number of hydrogen-bond acceptors (Lipinski definition) is 4. The highest BCUT2D eigenvalue weighted by molar-refractivity contribution is 5.76. The highest BCUT2D eigenvalue weighted by Crippen LogP contribution is 2.23. The summed E-state index contributed by atoms with van der Waals surface area (Å²) in [6, 6.07) is 3.77. The predicted molar refractivity (Wildman–Crippen MR) is 94.7 cm³/mol. The molecule has 0 aliphatic carbocycles. The zero-order valence-corrected chi connectivity index (χ0v) is 14.6. The number of rotatable bonds is 6. The number of fused-ring (bicyclic) bond motifs is 1. The lowest BCUT2D eigenvalue weighted by Gasteiger charge is -2.39. The number of nitrogens with one attached hydrogen (secondary N) is 2. The standard InChI is InChI=1S/C18H26N4O3/c1-12(9-16(23)24)20-18(25)22-10-13(11-22)4-6-15-7-5-14-3-2-8-19-17(14)21-15/h5,7,12-13H,2-4,6,8-11H2,1H3,(H,19,21)(H,20,25)(H,23,24)/t12-/m1/s1. The van der Waals surface area contributed by atoms with Crippen LogP contribution < -0.4 is 10.6 Å². The Labute approximate surface area is 147 Å². The molecule has 1 atom stereocenters. The number of carbonyl (C=O) groups excluding carboxylic acids is 1. The zero-order chi connectivity index (χ0) is 17.8. The Kier molecular flexibility index (Phi) is 5.40. The lowest BCUT2D eigenvalue weighted by Crippen LogP contribution is -2.55. The number of carboxylic acid groups (broad SMARTS) is 1. The summed E-state index contributed by atoms with van der Waals surface area (Å²) in [6.45, 7) is 4.17. The Morgan fingerprint density at radius 3 is 3.00 bits per heavy atom. The van der Waals surface area contributed by atoms with Crippen LogP contribution in [0.5, 0.6) is 0 Å². The number of anilines is 1. The second-order valence-corrected chi connectivity index (χ2v) is 7.10. The van der Waals surface area contributed by atoms with Gasteiger partial charge in [0.15, 0.2) is 0 Å². The number of likely N-dealkylation sites (tertiary alicyclic amines) is 1. The number of aryl methyl sites for hydroxylation is 2. The first-order chi connectivity index (χ1) is 12.0. The Morgan fingerprint density at radius 2 is 2.24 bits per heavy atom. The number of hydrogen-bond donors (Lipinski definition) is 3. The minimum absolute atomic E-state index is 0.0545. The molecule has 25 heavy (non-hydrogen) atoms. The first-order valence-corrected chi connectivity index (χ1v) is 9.01. The molecule has 0 unspecified atom stereocenters. The molecule has 0 radical (unpaired) electrons. The monoisotopic (exact) mass is 346 g/mol. The van der Waals surface area contributed by atoms with Gasteiger partial charge in [-0.3, -0.25) is 4.79 Å². The van der Waals surface area contributed by atoms with E-state index in [0.717, 1.165) is 50.4 Å². The number of aliphatic carboxylic acids is 1. The third-order valence-corrected chi connectivity index (χ3v) is 4.86. The Bertz CT molecular complexity index is 643. The van der Waals surface area contributed by atoms with Crippen molar-refractivity contribution < 1.29 is 14.7 Å². The van der Waals surface area contributed by atoms with Crippen LogP contribution in [0.1, 0.15) is 37.4 Å². The van der Waals surface area contributed by atoms with Crippen molar-refractivity contribution in [3.8, 4) is 0 Å². The minimum Gasteiger partial charge on any atom is -0.481 e. The van der Waals surface area contributed by atoms with Gasteiger partial charge in [0, 0.05) is 31.4 Å². The maximum atomic E-state index is 12.0. The number of pyridine rings is 1. The molecule has 0 bridgehead atoms.